The van der Waals surface area contributed by atoms with Crippen LogP contribution in [0.2, 0.25) is 0 Å². The average molecular weight is 430 g/mol. The van der Waals surface area contributed by atoms with E-state index in [0.29, 0.717) is 12.4 Å². The molecule has 28 heavy (non-hydrogen) atoms. The molecule has 0 amide bonds. The van der Waals surface area contributed by atoms with Gasteiger partial charge in [0.2, 0.25) is 0 Å². The number of hydrogen-bond acceptors (Lipinski definition) is 3. The number of rotatable bonds is 16. The van der Waals surface area contributed by atoms with Crippen LogP contribution in [0.5, 0.6) is 0 Å². The van der Waals surface area contributed by atoms with Gasteiger partial charge in [-0.1, -0.05) is 70.4 Å². The minimum atomic E-state index is -4.64. The summed E-state index contributed by atoms with van der Waals surface area (Å²) in [6.45, 7) is 2.94. The van der Waals surface area contributed by atoms with Crippen molar-refractivity contribution in [2.24, 2.45) is 0 Å². The third-order valence-corrected chi connectivity index (χ3v) is 4.38. The number of hydrogen-bond donors (Lipinski definition) is 3. The fourth-order valence-corrected chi connectivity index (χ4v) is 2.76. The first-order valence-electron chi connectivity index (χ1n) is 10.4. The molecule has 0 aromatic carbocycles. The third-order valence-electron chi connectivity index (χ3n) is 4.38. The number of Topliss-reactive ketones (excluding diaryl/α,β-unsaturated/α-hetero) is 1. The topological polar surface area (TPSA) is 107 Å². The SMILES string of the molecule is CCCCCCCCC=CCCCCCCCC(=O)C1CO1.O=P(O)(O)O.[NaH]. The molecule has 0 saturated carbocycles. The van der Waals surface area contributed by atoms with Gasteiger partial charge in [0.25, 0.3) is 0 Å². The van der Waals surface area contributed by atoms with Gasteiger partial charge in [-0.2, -0.15) is 0 Å². The Hall–Kier alpha value is 0.480. The van der Waals surface area contributed by atoms with Crippen molar-refractivity contribution in [3.8, 4) is 0 Å². The fourth-order valence-electron chi connectivity index (χ4n) is 2.76. The standard InChI is InChI=1S/C20H36O2.Na.H3O4P.H/c1-2-3-4-5-6-7-8-9-10-11-12-13-14-15-16-17-19(21)20-18-22-20;;1-5(2,3)4;/h9-10,20H,2-8,11-18H2,1H3;;(H3,1,2,3,4);. The average Bonchev–Trinajstić information content (AvgIpc) is 3.42. The van der Waals surface area contributed by atoms with Gasteiger partial charge in [-0.05, 0) is 32.1 Å². The number of ketones is 1. The number of ether oxygens (including phenoxy) is 1. The van der Waals surface area contributed by atoms with Gasteiger partial charge in [0, 0.05) is 6.42 Å². The van der Waals surface area contributed by atoms with Crippen LogP contribution in [0.3, 0.4) is 0 Å². The molecule has 1 fully saturated rings. The zero-order valence-corrected chi connectivity index (χ0v) is 17.7. The first-order chi connectivity index (χ1) is 12.8. The molecule has 0 aromatic heterocycles. The zero-order valence-electron chi connectivity index (χ0n) is 16.9. The van der Waals surface area contributed by atoms with Crippen LogP contribution in [0.1, 0.15) is 96.8 Å². The number of carbonyl (C=O) groups excluding carboxylic acids is 1. The van der Waals surface area contributed by atoms with Crippen molar-refractivity contribution in [2.45, 2.75) is 103 Å². The molecular formula is C20H40NaO6P. The molecule has 162 valence electrons. The van der Waals surface area contributed by atoms with E-state index in [0.717, 1.165) is 12.8 Å². The van der Waals surface area contributed by atoms with E-state index < -0.39 is 7.82 Å². The molecule has 0 bridgehead atoms. The Bertz CT molecular complexity index is 426. The molecule has 0 aromatic rings. The van der Waals surface area contributed by atoms with Gasteiger partial charge in [-0.25, -0.2) is 4.57 Å². The van der Waals surface area contributed by atoms with Crippen LogP contribution < -0.4 is 0 Å². The van der Waals surface area contributed by atoms with Gasteiger partial charge in [-0.15, -0.1) is 0 Å². The normalized spacial score (nSPS) is 15.6. The van der Waals surface area contributed by atoms with Crippen LogP contribution in [-0.4, -0.2) is 62.7 Å². The van der Waals surface area contributed by atoms with Gasteiger partial charge in [0.05, 0.1) is 6.61 Å². The Morgan fingerprint density at radius 2 is 1.29 bits per heavy atom. The second-order valence-electron chi connectivity index (χ2n) is 7.14. The Kier molecular flexibility index (Phi) is 22.7. The number of epoxide rings is 1. The summed E-state index contributed by atoms with van der Waals surface area (Å²) in [4.78, 5) is 33.0. The fraction of sp³-hybridized carbons (Fsp3) is 0.850. The molecule has 1 heterocycles. The maximum atomic E-state index is 11.4. The van der Waals surface area contributed by atoms with Crippen molar-refractivity contribution < 1.29 is 28.8 Å². The Morgan fingerprint density at radius 1 is 0.893 bits per heavy atom. The van der Waals surface area contributed by atoms with E-state index in [1.54, 1.807) is 0 Å². The maximum absolute atomic E-state index is 11.4. The monoisotopic (exact) mass is 430 g/mol. The second-order valence-corrected chi connectivity index (χ2v) is 8.16. The van der Waals surface area contributed by atoms with Crippen molar-refractivity contribution in [2.75, 3.05) is 6.61 Å². The Balaban J connectivity index is 0. The van der Waals surface area contributed by atoms with Crippen LogP contribution in [0.15, 0.2) is 12.2 Å². The van der Waals surface area contributed by atoms with Crippen molar-refractivity contribution in [1.82, 2.24) is 0 Å². The molecule has 0 spiro atoms. The van der Waals surface area contributed by atoms with Crippen molar-refractivity contribution in [3.05, 3.63) is 12.2 Å². The molecule has 6 nitrogen and oxygen atoms in total. The number of carbonyl (C=O) groups is 1. The zero-order chi connectivity index (χ0) is 20.4. The van der Waals surface area contributed by atoms with E-state index >= 15 is 0 Å². The van der Waals surface area contributed by atoms with Crippen LogP contribution in [0.25, 0.3) is 0 Å². The van der Waals surface area contributed by atoms with Gasteiger partial charge in [0.15, 0.2) is 5.78 Å². The van der Waals surface area contributed by atoms with E-state index in [9.17, 15) is 4.79 Å². The van der Waals surface area contributed by atoms with E-state index in [-0.39, 0.29) is 35.7 Å². The molecule has 1 aliphatic rings. The van der Waals surface area contributed by atoms with Gasteiger partial charge >= 0.3 is 37.4 Å². The summed E-state index contributed by atoms with van der Waals surface area (Å²) < 4.78 is 13.9. The number of unbranched alkanes of at least 4 members (excludes halogenated alkanes) is 11. The molecular weight excluding hydrogens is 390 g/mol. The van der Waals surface area contributed by atoms with Crippen LogP contribution >= 0.6 is 7.82 Å². The predicted molar refractivity (Wildman–Crippen MR) is 116 cm³/mol. The third kappa shape index (κ3) is 28.7. The van der Waals surface area contributed by atoms with Gasteiger partial charge < -0.3 is 19.4 Å². The summed E-state index contributed by atoms with van der Waals surface area (Å²) in [5, 5.41) is 0. The first-order valence-corrected chi connectivity index (χ1v) is 12.0. The summed E-state index contributed by atoms with van der Waals surface area (Å²) in [7, 11) is -4.64. The van der Waals surface area contributed by atoms with Crippen molar-refractivity contribution >= 4 is 43.2 Å². The van der Waals surface area contributed by atoms with E-state index in [1.165, 1.54) is 77.0 Å². The molecule has 1 aliphatic heterocycles. The minimum absolute atomic E-state index is 0. The molecule has 1 rings (SSSR count). The van der Waals surface area contributed by atoms with E-state index in [1.807, 2.05) is 0 Å². The molecule has 3 N–H and O–H groups in total. The van der Waals surface area contributed by atoms with E-state index in [2.05, 4.69) is 19.1 Å². The number of allylic oxidation sites excluding steroid dienone is 2. The van der Waals surface area contributed by atoms with Crippen molar-refractivity contribution in [1.29, 1.82) is 0 Å². The summed E-state index contributed by atoms with van der Waals surface area (Å²) in [6.07, 6.45) is 22.3. The molecule has 1 unspecified atom stereocenters. The van der Waals surface area contributed by atoms with Gasteiger partial charge in [-0.3, -0.25) is 4.79 Å². The van der Waals surface area contributed by atoms with Crippen LogP contribution in [-0.2, 0) is 14.1 Å². The summed E-state index contributed by atoms with van der Waals surface area (Å²) in [5.41, 5.74) is 0. The summed E-state index contributed by atoms with van der Waals surface area (Å²) in [6, 6.07) is 0. The Labute approximate surface area is 193 Å². The number of phosphoric acid groups is 1. The molecule has 1 saturated heterocycles. The van der Waals surface area contributed by atoms with Crippen LogP contribution in [0.4, 0.5) is 0 Å². The Morgan fingerprint density at radius 3 is 1.71 bits per heavy atom. The van der Waals surface area contributed by atoms with Crippen molar-refractivity contribution in [3.63, 3.8) is 0 Å². The molecule has 0 aliphatic carbocycles. The molecule has 1 atom stereocenters. The summed E-state index contributed by atoms with van der Waals surface area (Å²) >= 11 is 0. The second kappa shape index (κ2) is 20.7. The summed E-state index contributed by atoms with van der Waals surface area (Å²) in [5.74, 6) is 0.317. The quantitative estimate of drug-likeness (QED) is 0.110. The molecule has 0 radical (unpaired) electrons. The molecule has 8 heteroatoms. The predicted octanol–water partition coefficient (Wildman–Crippen LogP) is 4.41. The van der Waals surface area contributed by atoms with Crippen LogP contribution in [0, 0.1) is 0 Å². The van der Waals surface area contributed by atoms with Gasteiger partial charge in [0.1, 0.15) is 6.10 Å². The van der Waals surface area contributed by atoms with E-state index in [4.69, 9.17) is 24.0 Å². The first kappa shape index (κ1) is 30.7.